The van der Waals surface area contributed by atoms with Gasteiger partial charge in [-0.15, -0.1) is 0 Å². The fourth-order valence-electron chi connectivity index (χ4n) is 3.25. The molecule has 0 aromatic heterocycles. The van der Waals surface area contributed by atoms with E-state index in [2.05, 4.69) is 58.6 Å². The lowest BCUT2D eigenvalue weighted by atomic mass is 9.93. The highest BCUT2D eigenvalue weighted by Crippen LogP contribution is 2.44. The van der Waals surface area contributed by atoms with Crippen LogP contribution in [0, 0.1) is 18.8 Å². The summed E-state index contributed by atoms with van der Waals surface area (Å²) in [7, 11) is -1.50. The molecule has 0 aliphatic heterocycles. The van der Waals surface area contributed by atoms with E-state index >= 15 is 0 Å². The highest BCUT2D eigenvalue weighted by Gasteiger charge is 2.36. The standard InChI is InChI=1S/C17H28OSi/c1-12(2)10-14-11-16-13(3)8-7-9-15(16)17(14)18-19(4,5)6/h7-9,12,14,17H,10-11H2,1-6H3. The average molecular weight is 276 g/mol. The Morgan fingerprint density at radius 2 is 1.95 bits per heavy atom. The van der Waals surface area contributed by atoms with Crippen LogP contribution in [0.3, 0.4) is 0 Å². The number of aryl methyl sites for hydroxylation is 1. The zero-order chi connectivity index (χ0) is 14.2. The Kier molecular flexibility index (Phi) is 4.22. The van der Waals surface area contributed by atoms with Crippen molar-refractivity contribution in [3.05, 3.63) is 34.9 Å². The summed E-state index contributed by atoms with van der Waals surface area (Å²) in [6.45, 7) is 13.8. The molecule has 0 amide bonds. The van der Waals surface area contributed by atoms with Crippen LogP contribution in [0.4, 0.5) is 0 Å². The van der Waals surface area contributed by atoms with Crippen molar-refractivity contribution >= 4 is 8.32 Å². The molecule has 106 valence electrons. The molecule has 1 aromatic carbocycles. The van der Waals surface area contributed by atoms with Crippen molar-refractivity contribution in [1.29, 1.82) is 0 Å². The molecule has 0 heterocycles. The zero-order valence-electron chi connectivity index (χ0n) is 13.3. The van der Waals surface area contributed by atoms with Gasteiger partial charge in [-0.05, 0) is 67.9 Å². The van der Waals surface area contributed by atoms with Crippen LogP contribution < -0.4 is 0 Å². The molecular formula is C17H28OSi. The fraction of sp³-hybridized carbons (Fsp3) is 0.647. The van der Waals surface area contributed by atoms with Gasteiger partial charge in [0.05, 0.1) is 6.10 Å². The molecule has 19 heavy (non-hydrogen) atoms. The van der Waals surface area contributed by atoms with Crippen LogP contribution in [0.2, 0.25) is 19.6 Å². The second-order valence-corrected chi connectivity index (χ2v) is 11.8. The first-order chi connectivity index (χ1) is 8.78. The monoisotopic (exact) mass is 276 g/mol. The fourth-order valence-corrected chi connectivity index (χ4v) is 4.33. The molecule has 2 unspecified atom stereocenters. The highest BCUT2D eigenvalue weighted by molar-refractivity contribution is 6.69. The quantitative estimate of drug-likeness (QED) is 0.695. The first kappa shape index (κ1) is 14.8. The molecule has 0 saturated carbocycles. The molecule has 0 radical (unpaired) electrons. The summed E-state index contributed by atoms with van der Waals surface area (Å²) < 4.78 is 6.53. The van der Waals surface area contributed by atoms with Crippen LogP contribution in [0.25, 0.3) is 0 Å². The second kappa shape index (κ2) is 5.41. The van der Waals surface area contributed by atoms with E-state index in [1.54, 1.807) is 5.56 Å². The lowest BCUT2D eigenvalue weighted by molar-refractivity contribution is 0.128. The van der Waals surface area contributed by atoms with E-state index < -0.39 is 8.32 Å². The lowest BCUT2D eigenvalue weighted by Gasteiger charge is -2.29. The molecule has 0 fully saturated rings. The summed E-state index contributed by atoms with van der Waals surface area (Å²) in [5.41, 5.74) is 4.46. The Hall–Kier alpha value is -0.603. The topological polar surface area (TPSA) is 9.23 Å². The smallest absolute Gasteiger partial charge is 0.184 e. The number of hydrogen-bond acceptors (Lipinski definition) is 1. The molecule has 0 N–H and O–H groups in total. The maximum atomic E-state index is 6.53. The van der Waals surface area contributed by atoms with Crippen molar-refractivity contribution in [2.45, 2.75) is 59.4 Å². The molecule has 2 atom stereocenters. The van der Waals surface area contributed by atoms with E-state index in [1.807, 2.05) is 0 Å². The van der Waals surface area contributed by atoms with Crippen molar-refractivity contribution in [2.75, 3.05) is 0 Å². The van der Waals surface area contributed by atoms with E-state index in [9.17, 15) is 0 Å². The summed E-state index contributed by atoms with van der Waals surface area (Å²) in [6.07, 6.45) is 2.81. The van der Waals surface area contributed by atoms with Gasteiger partial charge < -0.3 is 4.43 Å². The van der Waals surface area contributed by atoms with Crippen molar-refractivity contribution in [3.8, 4) is 0 Å². The van der Waals surface area contributed by atoms with Gasteiger partial charge in [-0.25, -0.2) is 0 Å². The molecular weight excluding hydrogens is 248 g/mol. The summed E-state index contributed by atoms with van der Waals surface area (Å²) in [5.74, 6) is 1.41. The Bertz CT molecular complexity index is 445. The van der Waals surface area contributed by atoms with Crippen molar-refractivity contribution in [2.24, 2.45) is 11.8 Å². The van der Waals surface area contributed by atoms with Crippen LogP contribution in [0.15, 0.2) is 18.2 Å². The molecule has 0 spiro atoms. The number of rotatable bonds is 4. The first-order valence-corrected chi connectivity index (χ1v) is 10.9. The summed E-state index contributed by atoms with van der Waals surface area (Å²) in [5, 5.41) is 0. The van der Waals surface area contributed by atoms with Gasteiger partial charge in [-0.3, -0.25) is 0 Å². The minimum Gasteiger partial charge on any atom is -0.410 e. The second-order valence-electron chi connectivity index (χ2n) is 7.39. The van der Waals surface area contributed by atoms with E-state index in [0.717, 1.165) is 5.92 Å². The minimum absolute atomic E-state index is 0.337. The third-order valence-electron chi connectivity index (χ3n) is 3.90. The zero-order valence-corrected chi connectivity index (χ0v) is 14.3. The number of fused-ring (bicyclic) bond motifs is 1. The Morgan fingerprint density at radius 3 is 2.53 bits per heavy atom. The van der Waals surface area contributed by atoms with Gasteiger partial charge in [0.25, 0.3) is 0 Å². The van der Waals surface area contributed by atoms with Gasteiger partial charge in [0.1, 0.15) is 0 Å². The van der Waals surface area contributed by atoms with E-state index in [1.165, 1.54) is 24.0 Å². The Balaban J connectivity index is 2.31. The number of benzene rings is 1. The molecule has 2 heteroatoms. The largest absolute Gasteiger partial charge is 0.410 e. The minimum atomic E-state index is -1.50. The molecule has 1 nitrogen and oxygen atoms in total. The van der Waals surface area contributed by atoms with Crippen molar-refractivity contribution in [1.82, 2.24) is 0 Å². The first-order valence-electron chi connectivity index (χ1n) is 7.54. The van der Waals surface area contributed by atoms with E-state index in [0.29, 0.717) is 12.0 Å². The SMILES string of the molecule is Cc1cccc2c1CC(CC(C)C)C2O[Si](C)(C)C. The molecule has 0 bridgehead atoms. The van der Waals surface area contributed by atoms with Crippen LogP contribution >= 0.6 is 0 Å². The Morgan fingerprint density at radius 1 is 1.26 bits per heavy atom. The molecule has 1 aromatic rings. The Labute approximate surface area is 119 Å². The lowest BCUT2D eigenvalue weighted by Crippen LogP contribution is -2.30. The molecule has 1 aliphatic carbocycles. The maximum absolute atomic E-state index is 6.53. The van der Waals surface area contributed by atoms with Gasteiger partial charge in [0.15, 0.2) is 8.32 Å². The van der Waals surface area contributed by atoms with Crippen molar-refractivity contribution in [3.63, 3.8) is 0 Å². The third kappa shape index (κ3) is 3.49. The average Bonchev–Trinajstić information content (AvgIpc) is 2.56. The predicted molar refractivity (Wildman–Crippen MR) is 85.0 cm³/mol. The summed E-state index contributed by atoms with van der Waals surface area (Å²) in [6, 6.07) is 6.71. The van der Waals surface area contributed by atoms with Gasteiger partial charge in [0.2, 0.25) is 0 Å². The van der Waals surface area contributed by atoms with Gasteiger partial charge in [0, 0.05) is 0 Å². The number of hydrogen-bond donors (Lipinski definition) is 0. The summed E-state index contributed by atoms with van der Waals surface area (Å²) >= 11 is 0. The maximum Gasteiger partial charge on any atom is 0.184 e. The molecule has 0 saturated heterocycles. The predicted octanol–water partition coefficient (Wildman–Crippen LogP) is 5.11. The van der Waals surface area contributed by atoms with E-state index in [-0.39, 0.29) is 0 Å². The van der Waals surface area contributed by atoms with Crippen LogP contribution in [0.1, 0.15) is 43.1 Å². The van der Waals surface area contributed by atoms with Crippen molar-refractivity contribution < 1.29 is 4.43 Å². The molecule has 1 aliphatic rings. The highest BCUT2D eigenvalue weighted by atomic mass is 28.4. The molecule has 2 rings (SSSR count). The van der Waals surface area contributed by atoms with Crippen LogP contribution in [-0.2, 0) is 10.8 Å². The van der Waals surface area contributed by atoms with E-state index in [4.69, 9.17) is 4.43 Å². The van der Waals surface area contributed by atoms with Crippen LogP contribution in [-0.4, -0.2) is 8.32 Å². The van der Waals surface area contributed by atoms with Gasteiger partial charge in [-0.2, -0.15) is 0 Å². The normalized spacial score (nSPS) is 22.9. The van der Waals surface area contributed by atoms with Gasteiger partial charge >= 0.3 is 0 Å². The summed E-state index contributed by atoms with van der Waals surface area (Å²) in [4.78, 5) is 0. The van der Waals surface area contributed by atoms with Gasteiger partial charge in [-0.1, -0.05) is 32.0 Å². The third-order valence-corrected chi connectivity index (χ3v) is 4.86. The van der Waals surface area contributed by atoms with Crippen LogP contribution in [0.5, 0.6) is 0 Å².